The van der Waals surface area contributed by atoms with E-state index in [1.807, 2.05) is 48.5 Å². The number of methoxy groups -OCH3 is 1. The van der Waals surface area contributed by atoms with Gasteiger partial charge in [-0.05, 0) is 34.4 Å². The largest absolute Gasteiger partial charge is 0.495 e. The van der Waals surface area contributed by atoms with Crippen LogP contribution in [0.15, 0.2) is 72.8 Å². The highest BCUT2D eigenvalue weighted by atomic mass is 35.5. The second kappa shape index (κ2) is 8.08. The van der Waals surface area contributed by atoms with Gasteiger partial charge < -0.3 is 10.1 Å². The molecule has 7 rings (SSSR count). The fourth-order valence-corrected chi connectivity index (χ4v) is 7.22. The van der Waals surface area contributed by atoms with E-state index >= 15 is 0 Å². The van der Waals surface area contributed by atoms with Crippen molar-refractivity contribution in [3.63, 3.8) is 0 Å². The van der Waals surface area contributed by atoms with Crippen LogP contribution in [0.4, 0.5) is 5.69 Å². The average molecular weight is 521 g/mol. The van der Waals surface area contributed by atoms with Gasteiger partial charge in [0.1, 0.15) is 15.5 Å². The molecule has 0 radical (unpaired) electrons. The van der Waals surface area contributed by atoms with Gasteiger partial charge in [-0.15, -0.1) is 23.2 Å². The predicted octanol–water partition coefficient (Wildman–Crippen LogP) is 4.62. The second-order valence-corrected chi connectivity index (χ2v) is 10.5. The zero-order chi connectivity index (χ0) is 25.2. The number of hydrogen-bond acceptors (Lipinski definition) is 4. The summed E-state index contributed by atoms with van der Waals surface area (Å²) in [4.78, 5) is 39.0. The Morgan fingerprint density at radius 3 is 1.75 bits per heavy atom. The monoisotopic (exact) mass is 520 g/mol. The number of carbonyl (C=O) groups is 3. The van der Waals surface area contributed by atoms with Crippen molar-refractivity contribution in [1.82, 2.24) is 4.90 Å². The zero-order valence-corrected chi connectivity index (χ0v) is 20.8. The van der Waals surface area contributed by atoms with Crippen molar-refractivity contribution in [3.05, 3.63) is 95.1 Å². The maximum Gasteiger partial charge on any atom is 0.235 e. The number of halogens is 2. The summed E-state index contributed by atoms with van der Waals surface area (Å²) in [6, 6.07) is 22.0. The number of likely N-dealkylation sites (tertiary alicyclic amines) is 1. The Labute approximate surface area is 218 Å². The molecule has 1 aliphatic heterocycles. The van der Waals surface area contributed by atoms with Crippen molar-refractivity contribution in [2.24, 2.45) is 11.8 Å². The number of amides is 3. The van der Waals surface area contributed by atoms with Gasteiger partial charge in [-0.3, -0.25) is 19.3 Å². The maximum atomic E-state index is 13.8. The number of benzene rings is 3. The highest BCUT2D eigenvalue weighted by molar-refractivity contribution is 6.36. The molecule has 2 atom stereocenters. The first-order valence-corrected chi connectivity index (χ1v) is 12.4. The van der Waals surface area contributed by atoms with E-state index in [1.54, 1.807) is 24.3 Å². The van der Waals surface area contributed by atoms with Crippen LogP contribution in [0, 0.1) is 11.8 Å². The standard InChI is InChI=1S/C28H22Cl2N2O4/c1-36-21-13-7-6-12-20(21)31-22(33)14-15-32-25(34)23-24(26(32)35)28(30)17-9-3-2-8-16(17)27(23,29)18-10-4-5-11-19(18)28/h2-13,23-24H,14-15H2,1H3,(H,31,33)/t23-,24+,27?,28?. The third kappa shape index (κ3) is 2.88. The lowest BCUT2D eigenvalue weighted by Crippen LogP contribution is -2.57. The highest BCUT2D eigenvalue weighted by Gasteiger charge is 2.72. The molecular weight excluding hydrogens is 499 g/mol. The SMILES string of the molecule is COc1ccccc1NC(=O)CCN1C(=O)[C@@H]2[C@H](C1=O)C1(Cl)c3ccccc3C2(Cl)c2ccccc21. The molecule has 1 saturated heterocycles. The van der Waals surface area contributed by atoms with Gasteiger partial charge in [0.25, 0.3) is 0 Å². The molecule has 1 fully saturated rings. The topological polar surface area (TPSA) is 75.7 Å². The van der Waals surface area contributed by atoms with E-state index in [0.717, 1.165) is 27.2 Å². The Hall–Kier alpha value is -3.35. The molecule has 182 valence electrons. The molecule has 0 aromatic heterocycles. The van der Waals surface area contributed by atoms with Crippen LogP contribution < -0.4 is 10.1 Å². The molecule has 3 aliphatic carbocycles. The molecule has 0 spiro atoms. The molecule has 3 aromatic carbocycles. The van der Waals surface area contributed by atoms with E-state index in [2.05, 4.69) is 5.32 Å². The minimum absolute atomic E-state index is 0.0700. The van der Waals surface area contributed by atoms with E-state index in [1.165, 1.54) is 7.11 Å². The molecule has 36 heavy (non-hydrogen) atoms. The van der Waals surface area contributed by atoms with Gasteiger partial charge in [0.05, 0.1) is 24.6 Å². The molecule has 4 aliphatic rings. The van der Waals surface area contributed by atoms with Crippen LogP contribution in [0.5, 0.6) is 5.75 Å². The van der Waals surface area contributed by atoms with Crippen LogP contribution in [0.3, 0.4) is 0 Å². The molecule has 1 N–H and O–H groups in total. The summed E-state index contributed by atoms with van der Waals surface area (Å²) in [5, 5.41) is 2.79. The van der Waals surface area contributed by atoms with Gasteiger partial charge in [-0.25, -0.2) is 0 Å². The lowest BCUT2D eigenvalue weighted by molar-refractivity contribution is -0.140. The molecule has 2 bridgehead atoms. The average Bonchev–Trinajstić information content (AvgIpc) is 3.16. The van der Waals surface area contributed by atoms with Crippen molar-refractivity contribution in [1.29, 1.82) is 0 Å². The van der Waals surface area contributed by atoms with Gasteiger partial charge in [-0.1, -0.05) is 60.7 Å². The van der Waals surface area contributed by atoms with E-state index in [4.69, 9.17) is 27.9 Å². The Morgan fingerprint density at radius 1 is 0.833 bits per heavy atom. The quantitative estimate of drug-likeness (QED) is 0.393. The summed E-state index contributed by atoms with van der Waals surface area (Å²) in [6.45, 7) is -0.0712. The molecule has 0 saturated carbocycles. The minimum atomic E-state index is -1.23. The summed E-state index contributed by atoms with van der Waals surface area (Å²) < 4.78 is 5.27. The number of nitrogens with zero attached hydrogens (tertiary/aromatic N) is 1. The fraction of sp³-hybridized carbons (Fsp3) is 0.250. The lowest BCUT2D eigenvalue weighted by atomic mass is 9.54. The number of carbonyl (C=O) groups excluding carboxylic acids is 3. The van der Waals surface area contributed by atoms with Crippen LogP contribution >= 0.6 is 23.2 Å². The Kier molecular flexibility index (Phi) is 5.18. The molecule has 8 heteroatoms. The molecule has 6 nitrogen and oxygen atoms in total. The van der Waals surface area contributed by atoms with E-state index in [0.29, 0.717) is 11.4 Å². The van der Waals surface area contributed by atoms with E-state index in [-0.39, 0.29) is 18.9 Å². The maximum absolute atomic E-state index is 13.8. The smallest absolute Gasteiger partial charge is 0.235 e. The first-order valence-electron chi connectivity index (χ1n) is 11.7. The highest BCUT2D eigenvalue weighted by Crippen LogP contribution is 2.69. The summed E-state index contributed by atoms with van der Waals surface area (Å²) in [7, 11) is 1.52. The van der Waals surface area contributed by atoms with Crippen LogP contribution in [0.1, 0.15) is 28.7 Å². The number of nitrogens with one attached hydrogen (secondary N) is 1. The minimum Gasteiger partial charge on any atom is -0.495 e. The van der Waals surface area contributed by atoms with Gasteiger partial charge >= 0.3 is 0 Å². The van der Waals surface area contributed by atoms with Gasteiger partial charge in [0, 0.05) is 13.0 Å². The zero-order valence-electron chi connectivity index (χ0n) is 19.3. The molecule has 0 unspecified atom stereocenters. The van der Waals surface area contributed by atoms with Crippen LogP contribution in [0.25, 0.3) is 0 Å². The third-order valence-corrected chi connectivity index (χ3v) is 8.90. The fourth-order valence-electron chi connectivity index (χ4n) is 6.12. The van der Waals surface area contributed by atoms with Crippen molar-refractivity contribution in [2.45, 2.75) is 16.2 Å². The van der Waals surface area contributed by atoms with E-state index < -0.39 is 33.4 Å². The summed E-state index contributed by atoms with van der Waals surface area (Å²) in [6.07, 6.45) is -0.0700. The molecule has 3 amide bonds. The van der Waals surface area contributed by atoms with Gasteiger partial charge in [-0.2, -0.15) is 0 Å². The third-order valence-electron chi connectivity index (χ3n) is 7.62. The molecule has 3 aromatic rings. The Bertz CT molecular complexity index is 1320. The normalized spacial score (nSPS) is 27.4. The van der Waals surface area contributed by atoms with Crippen molar-refractivity contribution >= 4 is 46.6 Å². The summed E-state index contributed by atoms with van der Waals surface area (Å²) in [5.41, 5.74) is 3.51. The number of ether oxygens (including phenoxy) is 1. The van der Waals surface area contributed by atoms with Gasteiger partial charge in [0.2, 0.25) is 17.7 Å². The lowest BCUT2D eigenvalue weighted by Gasteiger charge is -2.54. The number of para-hydroxylation sites is 2. The van der Waals surface area contributed by atoms with Crippen molar-refractivity contribution < 1.29 is 19.1 Å². The second-order valence-electron chi connectivity index (χ2n) is 9.30. The predicted molar refractivity (Wildman–Crippen MR) is 136 cm³/mol. The van der Waals surface area contributed by atoms with Crippen LogP contribution in [-0.2, 0) is 24.1 Å². The molecular formula is C28H22Cl2N2O4. The van der Waals surface area contributed by atoms with Gasteiger partial charge in [0.15, 0.2) is 0 Å². The summed E-state index contributed by atoms with van der Waals surface area (Å²) >= 11 is 14.8. The Balaban J connectivity index is 1.34. The first kappa shape index (κ1) is 23.1. The summed E-state index contributed by atoms with van der Waals surface area (Å²) in [5.74, 6) is -2.37. The van der Waals surface area contributed by atoms with E-state index in [9.17, 15) is 14.4 Å². The van der Waals surface area contributed by atoms with Crippen LogP contribution in [0.2, 0.25) is 0 Å². The van der Waals surface area contributed by atoms with Crippen molar-refractivity contribution in [3.8, 4) is 5.75 Å². The number of imide groups is 1. The molecule has 1 heterocycles. The number of anilines is 1. The van der Waals surface area contributed by atoms with Crippen molar-refractivity contribution in [2.75, 3.05) is 19.0 Å². The number of hydrogen-bond donors (Lipinski definition) is 1. The number of alkyl halides is 2. The first-order chi connectivity index (χ1) is 17.3. The van der Waals surface area contributed by atoms with Crippen LogP contribution in [-0.4, -0.2) is 36.3 Å². The Morgan fingerprint density at radius 2 is 1.28 bits per heavy atom. The number of rotatable bonds is 5.